The van der Waals surface area contributed by atoms with Crippen LogP contribution in [-0.2, 0) is 7.05 Å². The molecule has 0 aliphatic rings. The second-order valence-corrected chi connectivity index (χ2v) is 4.07. The number of nitrogens with zero attached hydrogens (tertiary/aromatic N) is 3. The number of hydrogen-bond acceptors (Lipinski definition) is 5. The van der Waals surface area contributed by atoms with E-state index in [0.29, 0.717) is 29.8 Å². The van der Waals surface area contributed by atoms with Crippen LogP contribution >= 0.6 is 0 Å². The van der Waals surface area contributed by atoms with Gasteiger partial charge in [-0.25, -0.2) is 0 Å². The molecule has 0 bridgehead atoms. The first-order chi connectivity index (χ1) is 9.56. The van der Waals surface area contributed by atoms with E-state index in [-0.39, 0.29) is 11.4 Å². The molecule has 0 N–H and O–H groups in total. The Bertz CT molecular complexity index is 664. The van der Waals surface area contributed by atoms with E-state index in [1.54, 1.807) is 26.1 Å². The average Bonchev–Trinajstić information content (AvgIpc) is 2.80. The molecule has 0 fully saturated rings. The number of carbonyl (C=O) groups excluding carboxylic acids is 1. The number of aryl methyl sites for hydroxylation is 1. The monoisotopic (exact) mass is 275 g/mol. The van der Waals surface area contributed by atoms with Crippen molar-refractivity contribution in [3.05, 3.63) is 40.1 Å². The van der Waals surface area contributed by atoms with Crippen molar-refractivity contribution >= 4 is 12.0 Å². The van der Waals surface area contributed by atoms with Crippen LogP contribution in [0.25, 0.3) is 11.3 Å². The van der Waals surface area contributed by atoms with E-state index in [2.05, 4.69) is 5.10 Å². The maximum Gasteiger partial charge on any atom is 0.311 e. The maximum absolute atomic E-state index is 11.1. The molecule has 0 atom stereocenters. The van der Waals surface area contributed by atoms with E-state index in [0.717, 1.165) is 0 Å². The Labute approximate surface area is 114 Å². The highest BCUT2D eigenvalue weighted by Crippen LogP contribution is 2.32. The van der Waals surface area contributed by atoms with Gasteiger partial charge in [0.25, 0.3) is 0 Å². The molecule has 0 unspecified atom stereocenters. The molecule has 1 aromatic heterocycles. The summed E-state index contributed by atoms with van der Waals surface area (Å²) in [5.41, 5.74) is 1.34. The first-order valence-corrected chi connectivity index (χ1v) is 5.97. The number of carbonyl (C=O) groups is 1. The van der Waals surface area contributed by atoms with Crippen molar-refractivity contribution in [1.29, 1.82) is 0 Å². The van der Waals surface area contributed by atoms with Gasteiger partial charge in [-0.1, -0.05) is 0 Å². The number of nitro benzene ring substituents is 1. The number of aldehydes is 1. The molecule has 0 saturated carbocycles. The lowest BCUT2D eigenvalue weighted by molar-refractivity contribution is -0.385. The molecule has 0 aliphatic carbocycles. The SMILES string of the molecule is CCOc1ccc(-c2cc(C=O)n(C)n2)cc1[N+](=O)[O-]. The van der Waals surface area contributed by atoms with Crippen molar-refractivity contribution in [3.63, 3.8) is 0 Å². The molecule has 0 amide bonds. The summed E-state index contributed by atoms with van der Waals surface area (Å²) < 4.78 is 6.64. The van der Waals surface area contributed by atoms with Gasteiger partial charge in [-0.3, -0.25) is 19.6 Å². The minimum Gasteiger partial charge on any atom is -0.487 e. The average molecular weight is 275 g/mol. The molecule has 2 rings (SSSR count). The molecule has 20 heavy (non-hydrogen) atoms. The van der Waals surface area contributed by atoms with Crippen LogP contribution in [0.2, 0.25) is 0 Å². The third-order valence-electron chi connectivity index (χ3n) is 2.79. The second kappa shape index (κ2) is 5.52. The fourth-order valence-electron chi connectivity index (χ4n) is 1.83. The van der Waals surface area contributed by atoms with Gasteiger partial charge in [0, 0.05) is 18.7 Å². The zero-order valence-corrected chi connectivity index (χ0v) is 11.1. The number of ether oxygens (including phenoxy) is 1. The van der Waals surface area contributed by atoms with Crippen LogP contribution in [0.1, 0.15) is 17.4 Å². The summed E-state index contributed by atoms with van der Waals surface area (Å²) in [7, 11) is 1.64. The van der Waals surface area contributed by atoms with E-state index < -0.39 is 4.92 Å². The highest BCUT2D eigenvalue weighted by molar-refractivity contribution is 5.76. The van der Waals surface area contributed by atoms with Gasteiger partial charge in [-0.15, -0.1) is 0 Å². The molecule has 0 aliphatic heterocycles. The van der Waals surface area contributed by atoms with E-state index in [1.165, 1.54) is 16.8 Å². The van der Waals surface area contributed by atoms with Gasteiger partial charge in [0.1, 0.15) is 5.69 Å². The van der Waals surface area contributed by atoms with Gasteiger partial charge in [0.2, 0.25) is 0 Å². The lowest BCUT2D eigenvalue weighted by Crippen LogP contribution is -1.98. The molecule has 0 spiro atoms. The van der Waals surface area contributed by atoms with E-state index in [4.69, 9.17) is 4.74 Å². The lowest BCUT2D eigenvalue weighted by atomic mass is 10.1. The van der Waals surface area contributed by atoms with Gasteiger partial charge in [-0.05, 0) is 25.1 Å². The smallest absolute Gasteiger partial charge is 0.311 e. The standard InChI is InChI=1S/C13H13N3O4/c1-3-20-13-5-4-9(6-12(13)16(18)19)11-7-10(8-17)15(2)14-11/h4-8H,3H2,1-2H3. The molecule has 7 heteroatoms. The lowest BCUT2D eigenvalue weighted by Gasteiger charge is -2.05. The van der Waals surface area contributed by atoms with Crippen LogP contribution in [0.4, 0.5) is 5.69 Å². The van der Waals surface area contributed by atoms with Gasteiger partial charge in [0.05, 0.1) is 17.2 Å². The highest BCUT2D eigenvalue weighted by atomic mass is 16.6. The Morgan fingerprint density at radius 3 is 2.75 bits per heavy atom. The summed E-state index contributed by atoms with van der Waals surface area (Å²) in [5.74, 6) is 0.216. The molecule has 104 valence electrons. The van der Waals surface area contributed by atoms with E-state index in [1.807, 2.05) is 0 Å². The second-order valence-electron chi connectivity index (χ2n) is 4.07. The minimum atomic E-state index is -0.502. The van der Waals surface area contributed by atoms with Crippen LogP contribution in [0.15, 0.2) is 24.3 Å². The number of benzene rings is 1. The fourth-order valence-corrected chi connectivity index (χ4v) is 1.83. The third kappa shape index (κ3) is 2.51. The Hall–Kier alpha value is -2.70. The van der Waals surface area contributed by atoms with Crippen LogP contribution in [0.5, 0.6) is 5.75 Å². The molecular formula is C13H13N3O4. The molecule has 1 heterocycles. The Kier molecular flexibility index (Phi) is 3.79. The Morgan fingerprint density at radius 2 is 2.20 bits per heavy atom. The molecular weight excluding hydrogens is 262 g/mol. The molecule has 0 radical (unpaired) electrons. The van der Waals surface area contributed by atoms with Crippen molar-refractivity contribution in [3.8, 4) is 17.0 Å². The largest absolute Gasteiger partial charge is 0.487 e. The fraction of sp³-hybridized carbons (Fsp3) is 0.231. The number of hydrogen-bond donors (Lipinski definition) is 0. The van der Waals surface area contributed by atoms with Crippen molar-refractivity contribution in [1.82, 2.24) is 9.78 Å². The van der Waals surface area contributed by atoms with Crippen molar-refractivity contribution < 1.29 is 14.5 Å². The van der Waals surface area contributed by atoms with Crippen LogP contribution in [-0.4, -0.2) is 27.6 Å². The minimum absolute atomic E-state index is 0.123. The zero-order chi connectivity index (χ0) is 14.7. The summed E-state index contributed by atoms with van der Waals surface area (Å²) in [4.78, 5) is 21.3. The number of rotatable bonds is 5. The number of aromatic nitrogens is 2. The quantitative estimate of drug-likeness (QED) is 0.474. The summed E-state index contributed by atoms with van der Waals surface area (Å²) >= 11 is 0. The molecule has 1 aromatic carbocycles. The first-order valence-electron chi connectivity index (χ1n) is 5.97. The van der Waals surface area contributed by atoms with Crippen LogP contribution in [0.3, 0.4) is 0 Å². The van der Waals surface area contributed by atoms with Gasteiger partial charge >= 0.3 is 5.69 Å². The molecule has 2 aromatic rings. The summed E-state index contributed by atoms with van der Waals surface area (Å²) in [5, 5.41) is 15.2. The number of nitro groups is 1. The molecule has 0 saturated heterocycles. The van der Waals surface area contributed by atoms with Crippen molar-refractivity contribution in [2.24, 2.45) is 7.05 Å². The van der Waals surface area contributed by atoms with Gasteiger partial charge in [0.15, 0.2) is 12.0 Å². The zero-order valence-electron chi connectivity index (χ0n) is 11.1. The van der Waals surface area contributed by atoms with Gasteiger partial charge in [-0.2, -0.15) is 5.10 Å². The van der Waals surface area contributed by atoms with E-state index >= 15 is 0 Å². The van der Waals surface area contributed by atoms with E-state index in [9.17, 15) is 14.9 Å². The molecule has 7 nitrogen and oxygen atoms in total. The van der Waals surface area contributed by atoms with Crippen LogP contribution < -0.4 is 4.74 Å². The van der Waals surface area contributed by atoms with Crippen LogP contribution in [0, 0.1) is 10.1 Å². The van der Waals surface area contributed by atoms with Gasteiger partial charge < -0.3 is 4.74 Å². The maximum atomic E-state index is 11.1. The Balaban J connectivity index is 2.49. The normalized spacial score (nSPS) is 10.3. The van der Waals surface area contributed by atoms with Crippen molar-refractivity contribution in [2.75, 3.05) is 6.61 Å². The summed E-state index contributed by atoms with van der Waals surface area (Å²) in [6.45, 7) is 2.10. The predicted molar refractivity (Wildman–Crippen MR) is 71.9 cm³/mol. The Morgan fingerprint density at radius 1 is 1.45 bits per heavy atom. The summed E-state index contributed by atoms with van der Waals surface area (Å²) in [6, 6.07) is 6.18. The summed E-state index contributed by atoms with van der Waals surface area (Å²) in [6.07, 6.45) is 0.680. The van der Waals surface area contributed by atoms with Crippen molar-refractivity contribution in [2.45, 2.75) is 6.92 Å². The highest BCUT2D eigenvalue weighted by Gasteiger charge is 2.17. The third-order valence-corrected chi connectivity index (χ3v) is 2.79. The first kappa shape index (κ1) is 13.7. The topological polar surface area (TPSA) is 87.3 Å². The predicted octanol–water partition coefficient (Wildman–Crippen LogP) is 2.21.